The lowest BCUT2D eigenvalue weighted by molar-refractivity contribution is 0.104. The lowest BCUT2D eigenvalue weighted by atomic mass is 10.1. The maximum atomic E-state index is 12.3. The normalized spacial score (nSPS) is 10.7. The number of ketones is 1. The zero-order chi connectivity index (χ0) is 18.2. The average Bonchev–Trinajstić information content (AvgIpc) is 2.60. The molecule has 0 atom stereocenters. The Morgan fingerprint density at radius 3 is 2.44 bits per heavy atom. The van der Waals surface area contributed by atoms with Gasteiger partial charge in [-0.1, -0.05) is 12.1 Å². The number of phenols is 1. The van der Waals surface area contributed by atoms with Crippen molar-refractivity contribution in [3.05, 3.63) is 53.6 Å². The van der Waals surface area contributed by atoms with Crippen molar-refractivity contribution < 1.29 is 24.1 Å². The topological polar surface area (TPSA) is 65.0 Å². The molecule has 0 spiro atoms. The molecule has 0 bridgehead atoms. The quantitative estimate of drug-likeness (QED) is 0.578. The number of benzene rings is 2. The van der Waals surface area contributed by atoms with E-state index in [1.165, 1.54) is 12.1 Å². The van der Waals surface area contributed by atoms with Crippen LogP contribution in [-0.2, 0) is 0 Å². The first kappa shape index (κ1) is 18.4. The van der Waals surface area contributed by atoms with Gasteiger partial charge in [0.05, 0.1) is 25.9 Å². The summed E-state index contributed by atoms with van der Waals surface area (Å²) in [6.45, 7) is 4.75. The van der Waals surface area contributed by atoms with Crippen LogP contribution in [0.4, 0.5) is 0 Å². The standard InChI is InChI=1S/C20H22O5/c1-4-24-15-8-9-16(18(22)13-15)17(21)10-6-14-7-11-19(23-3)20(12-14)25-5-2/h6-13,22H,4-5H2,1-3H3. The molecule has 5 heteroatoms. The Balaban J connectivity index is 2.18. The third-order valence-corrected chi connectivity index (χ3v) is 3.46. The Bertz CT molecular complexity index is 765. The number of aromatic hydroxyl groups is 1. The van der Waals surface area contributed by atoms with Crippen molar-refractivity contribution in [2.24, 2.45) is 0 Å². The second kappa shape index (κ2) is 8.78. The molecule has 0 fully saturated rings. The Morgan fingerprint density at radius 2 is 1.80 bits per heavy atom. The van der Waals surface area contributed by atoms with E-state index in [-0.39, 0.29) is 17.1 Å². The molecule has 132 valence electrons. The van der Waals surface area contributed by atoms with E-state index in [9.17, 15) is 9.90 Å². The van der Waals surface area contributed by atoms with Crippen LogP contribution in [0, 0.1) is 0 Å². The predicted octanol–water partition coefficient (Wildman–Crippen LogP) is 4.09. The van der Waals surface area contributed by atoms with Crippen LogP contribution in [0.3, 0.4) is 0 Å². The number of hydrogen-bond donors (Lipinski definition) is 1. The van der Waals surface area contributed by atoms with Gasteiger partial charge in [0, 0.05) is 6.07 Å². The molecule has 25 heavy (non-hydrogen) atoms. The molecule has 0 radical (unpaired) electrons. The van der Waals surface area contributed by atoms with Crippen LogP contribution in [0.15, 0.2) is 42.5 Å². The fourth-order valence-electron chi connectivity index (χ4n) is 2.30. The minimum atomic E-state index is -0.297. The van der Waals surface area contributed by atoms with Crippen molar-refractivity contribution in [3.63, 3.8) is 0 Å². The Morgan fingerprint density at radius 1 is 1.04 bits per heavy atom. The van der Waals surface area contributed by atoms with Crippen molar-refractivity contribution in [1.29, 1.82) is 0 Å². The van der Waals surface area contributed by atoms with Gasteiger partial charge in [-0.15, -0.1) is 0 Å². The first-order chi connectivity index (χ1) is 12.1. The third-order valence-electron chi connectivity index (χ3n) is 3.46. The summed E-state index contributed by atoms with van der Waals surface area (Å²) in [4.78, 5) is 12.3. The highest BCUT2D eigenvalue weighted by atomic mass is 16.5. The molecule has 5 nitrogen and oxygen atoms in total. The van der Waals surface area contributed by atoms with Crippen molar-refractivity contribution in [3.8, 4) is 23.0 Å². The molecule has 0 aliphatic heterocycles. The number of carbonyl (C=O) groups excluding carboxylic acids is 1. The van der Waals surface area contributed by atoms with E-state index in [0.717, 1.165) is 5.56 Å². The second-order valence-electron chi connectivity index (χ2n) is 5.15. The molecule has 2 aromatic rings. The Labute approximate surface area is 147 Å². The summed E-state index contributed by atoms with van der Waals surface area (Å²) >= 11 is 0. The maximum Gasteiger partial charge on any atom is 0.189 e. The number of hydrogen-bond acceptors (Lipinski definition) is 5. The minimum absolute atomic E-state index is 0.106. The van der Waals surface area contributed by atoms with Crippen molar-refractivity contribution in [2.45, 2.75) is 13.8 Å². The van der Waals surface area contributed by atoms with Gasteiger partial charge in [-0.05, 0) is 49.8 Å². The van der Waals surface area contributed by atoms with Gasteiger partial charge in [0.25, 0.3) is 0 Å². The smallest absolute Gasteiger partial charge is 0.189 e. The number of ether oxygens (including phenoxy) is 3. The highest BCUT2D eigenvalue weighted by molar-refractivity contribution is 6.08. The van der Waals surface area contributed by atoms with Crippen molar-refractivity contribution in [2.75, 3.05) is 20.3 Å². The zero-order valence-corrected chi connectivity index (χ0v) is 14.6. The van der Waals surface area contributed by atoms with Crippen LogP contribution < -0.4 is 14.2 Å². The summed E-state index contributed by atoms with van der Waals surface area (Å²) in [6.07, 6.45) is 3.08. The third kappa shape index (κ3) is 4.76. The van der Waals surface area contributed by atoms with Crippen molar-refractivity contribution >= 4 is 11.9 Å². The molecule has 0 aromatic heterocycles. The summed E-state index contributed by atoms with van der Waals surface area (Å²) < 4.78 is 16.0. The van der Waals surface area contributed by atoms with E-state index in [2.05, 4.69) is 0 Å². The van der Waals surface area contributed by atoms with Gasteiger partial charge in [-0.3, -0.25) is 4.79 Å². The first-order valence-corrected chi connectivity index (χ1v) is 8.08. The van der Waals surface area contributed by atoms with Crippen LogP contribution in [0.1, 0.15) is 29.8 Å². The number of phenolic OH excluding ortho intramolecular Hbond substituents is 1. The molecule has 0 saturated carbocycles. The van der Waals surface area contributed by atoms with Crippen LogP contribution in [0.2, 0.25) is 0 Å². The highest BCUT2D eigenvalue weighted by Crippen LogP contribution is 2.29. The average molecular weight is 342 g/mol. The summed E-state index contributed by atoms with van der Waals surface area (Å²) in [5.41, 5.74) is 1.02. The Hall–Kier alpha value is -2.95. The van der Waals surface area contributed by atoms with Crippen LogP contribution in [-0.4, -0.2) is 31.2 Å². The van der Waals surface area contributed by atoms with Gasteiger partial charge in [0.1, 0.15) is 11.5 Å². The van der Waals surface area contributed by atoms with Gasteiger partial charge in [-0.25, -0.2) is 0 Å². The lowest BCUT2D eigenvalue weighted by Gasteiger charge is -2.09. The molecule has 0 amide bonds. The second-order valence-corrected chi connectivity index (χ2v) is 5.15. The predicted molar refractivity (Wildman–Crippen MR) is 96.8 cm³/mol. The first-order valence-electron chi connectivity index (χ1n) is 8.08. The SMILES string of the molecule is CCOc1ccc(C(=O)C=Cc2ccc(OC)c(OCC)c2)c(O)c1. The van der Waals surface area contributed by atoms with Gasteiger partial charge >= 0.3 is 0 Å². The zero-order valence-electron chi connectivity index (χ0n) is 14.6. The van der Waals surface area contributed by atoms with Crippen LogP contribution in [0.25, 0.3) is 6.08 Å². The molecule has 0 aliphatic rings. The lowest BCUT2D eigenvalue weighted by Crippen LogP contribution is -1.97. The maximum absolute atomic E-state index is 12.3. The number of methoxy groups -OCH3 is 1. The largest absolute Gasteiger partial charge is 0.507 e. The van der Waals surface area contributed by atoms with E-state index >= 15 is 0 Å². The summed E-state index contributed by atoms with van der Waals surface area (Å²) in [7, 11) is 1.57. The van der Waals surface area contributed by atoms with Crippen LogP contribution in [0.5, 0.6) is 23.0 Å². The molecule has 0 unspecified atom stereocenters. The van der Waals surface area contributed by atoms with Crippen molar-refractivity contribution in [1.82, 2.24) is 0 Å². The number of rotatable bonds is 8. The van der Waals surface area contributed by atoms with Gasteiger partial charge in [0.15, 0.2) is 17.3 Å². The molecule has 1 N–H and O–H groups in total. The molecular weight excluding hydrogens is 320 g/mol. The molecule has 0 saturated heterocycles. The molecule has 2 rings (SSSR count). The van der Waals surface area contributed by atoms with Gasteiger partial charge < -0.3 is 19.3 Å². The fraction of sp³-hybridized carbons (Fsp3) is 0.250. The minimum Gasteiger partial charge on any atom is -0.507 e. The summed E-state index contributed by atoms with van der Waals surface area (Å²) in [5, 5.41) is 10.00. The number of allylic oxidation sites excluding steroid dienone is 1. The van der Waals surface area contributed by atoms with E-state index in [1.807, 2.05) is 19.9 Å². The van der Waals surface area contributed by atoms with E-state index in [0.29, 0.717) is 30.5 Å². The Kier molecular flexibility index (Phi) is 6.46. The molecule has 0 heterocycles. The molecule has 2 aromatic carbocycles. The fourth-order valence-corrected chi connectivity index (χ4v) is 2.30. The molecule has 0 aliphatic carbocycles. The van der Waals surface area contributed by atoms with Gasteiger partial charge in [0.2, 0.25) is 0 Å². The summed E-state index contributed by atoms with van der Waals surface area (Å²) in [5.74, 6) is 1.37. The van der Waals surface area contributed by atoms with E-state index in [4.69, 9.17) is 14.2 Å². The van der Waals surface area contributed by atoms with Crippen LogP contribution >= 0.6 is 0 Å². The highest BCUT2D eigenvalue weighted by Gasteiger charge is 2.10. The molecular formula is C20H22O5. The summed E-state index contributed by atoms with van der Waals surface area (Å²) in [6, 6.07) is 10.0. The van der Waals surface area contributed by atoms with E-state index in [1.54, 1.807) is 37.5 Å². The van der Waals surface area contributed by atoms with E-state index < -0.39 is 0 Å². The monoisotopic (exact) mass is 342 g/mol. The number of carbonyl (C=O) groups is 1. The van der Waals surface area contributed by atoms with Gasteiger partial charge in [-0.2, -0.15) is 0 Å².